The highest BCUT2D eigenvalue weighted by molar-refractivity contribution is 5.78. The Hall–Kier alpha value is -2.17. The molecule has 1 heterocycles. The molecule has 0 aliphatic heterocycles. The summed E-state index contributed by atoms with van der Waals surface area (Å²) < 4.78 is 1.70. The van der Waals surface area contributed by atoms with Crippen LogP contribution in [-0.4, -0.2) is 26.9 Å². The first-order valence-corrected chi connectivity index (χ1v) is 9.84. The lowest BCUT2D eigenvalue weighted by Crippen LogP contribution is -2.40. The maximum absolute atomic E-state index is 13.1. The summed E-state index contributed by atoms with van der Waals surface area (Å²) in [6.45, 7) is 15.5. The third-order valence-electron chi connectivity index (χ3n) is 4.61. The highest BCUT2D eigenvalue weighted by atomic mass is 16.2. The minimum Gasteiger partial charge on any atom is -0.333 e. The molecule has 1 aromatic heterocycles. The van der Waals surface area contributed by atoms with Gasteiger partial charge in [-0.05, 0) is 37.3 Å². The van der Waals surface area contributed by atoms with Gasteiger partial charge in [0.15, 0.2) is 0 Å². The molecule has 27 heavy (non-hydrogen) atoms. The Labute approximate surface area is 162 Å². The average molecular weight is 372 g/mol. The second-order valence-electron chi connectivity index (χ2n) is 8.89. The van der Waals surface area contributed by atoms with Gasteiger partial charge >= 0.3 is 0 Å². The molecule has 0 saturated heterocycles. The second kappa shape index (κ2) is 8.24. The highest BCUT2D eigenvalue weighted by Gasteiger charge is 2.29. The van der Waals surface area contributed by atoms with E-state index in [1.807, 2.05) is 43.0 Å². The summed E-state index contributed by atoms with van der Waals surface area (Å²) in [6.07, 6.45) is 0.466. The molecule has 0 bridgehead atoms. The molecular formula is C22H33N3O2. The van der Waals surface area contributed by atoms with Crippen LogP contribution in [0.4, 0.5) is 0 Å². The quantitative estimate of drug-likeness (QED) is 0.756. The minimum atomic E-state index is -0.264. The van der Waals surface area contributed by atoms with Crippen molar-refractivity contribution in [1.82, 2.24) is 14.5 Å². The predicted octanol–water partition coefficient (Wildman–Crippen LogP) is 4.40. The highest BCUT2D eigenvalue weighted by Crippen LogP contribution is 2.26. The molecule has 0 radical (unpaired) electrons. The van der Waals surface area contributed by atoms with E-state index in [4.69, 9.17) is 4.98 Å². The fourth-order valence-electron chi connectivity index (χ4n) is 3.37. The van der Waals surface area contributed by atoms with Crippen LogP contribution in [0.5, 0.6) is 0 Å². The van der Waals surface area contributed by atoms with Gasteiger partial charge in [-0.15, -0.1) is 0 Å². The number of hydrogen-bond donors (Lipinski definition) is 0. The molecule has 5 heteroatoms. The van der Waals surface area contributed by atoms with Crippen molar-refractivity contribution in [3.05, 3.63) is 40.4 Å². The summed E-state index contributed by atoms with van der Waals surface area (Å²) in [6, 6.07) is 7.14. The molecule has 2 rings (SSSR count). The lowest BCUT2D eigenvalue weighted by atomic mass is 9.91. The Morgan fingerprint density at radius 1 is 1.19 bits per heavy atom. The molecule has 2 aromatic rings. The van der Waals surface area contributed by atoms with Gasteiger partial charge in [0, 0.05) is 19.5 Å². The maximum atomic E-state index is 13.1. The summed E-state index contributed by atoms with van der Waals surface area (Å²) in [5, 5.41) is 0.617. The zero-order valence-corrected chi connectivity index (χ0v) is 17.7. The summed E-state index contributed by atoms with van der Waals surface area (Å²) in [5.41, 5.74) is 0.548. The summed E-state index contributed by atoms with van der Waals surface area (Å²) in [4.78, 5) is 32.7. The first-order chi connectivity index (χ1) is 12.5. The molecular weight excluding hydrogens is 338 g/mol. The van der Waals surface area contributed by atoms with Crippen molar-refractivity contribution in [3.8, 4) is 0 Å². The third kappa shape index (κ3) is 4.96. The van der Waals surface area contributed by atoms with Gasteiger partial charge in [0.2, 0.25) is 5.91 Å². The van der Waals surface area contributed by atoms with Gasteiger partial charge in [-0.1, -0.05) is 46.8 Å². The molecule has 0 aliphatic rings. The standard InChI is InChI=1S/C22H33N3O2/c1-8-24-20(23-18-12-10-9-11-17(18)21(24)27)16(4)25(14-15(2)3)19(26)13-22(5,6)7/h9-12,15-16H,8,13-14H2,1-7H3. The van der Waals surface area contributed by atoms with Crippen LogP contribution in [0.2, 0.25) is 0 Å². The molecule has 0 N–H and O–H groups in total. The van der Waals surface area contributed by atoms with Crippen LogP contribution in [0.1, 0.15) is 66.8 Å². The van der Waals surface area contributed by atoms with E-state index in [2.05, 4.69) is 34.6 Å². The Balaban J connectivity index is 2.55. The summed E-state index contributed by atoms with van der Waals surface area (Å²) >= 11 is 0. The van der Waals surface area contributed by atoms with E-state index in [9.17, 15) is 9.59 Å². The SMILES string of the molecule is CCn1c(C(C)N(CC(C)C)C(=O)CC(C)(C)C)nc2ccccc2c1=O. The van der Waals surface area contributed by atoms with Crippen LogP contribution in [-0.2, 0) is 11.3 Å². The zero-order valence-electron chi connectivity index (χ0n) is 17.7. The van der Waals surface area contributed by atoms with E-state index < -0.39 is 0 Å². The van der Waals surface area contributed by atoms with Crippen LogP contribution < -0.4 is 5.56 Å². The van der Waals surface area contributed by atoms with E-state index in [1.54, 1.807) is 4.57 Å². The Morgan fingerprint density at radius 2 is 1.81 bits per heavy atom. The number of carbonyl (C=O) groups excluding carboxylic acids is 1. The molecule has 0 spiro atoms. The topological polar surface area (TPSA) is 55.2 Å². The van der Waals surface area contributed by atoms with E-state index in [0.717, 1.165) is 0 Å². The van der Waals surface area contributed by atoms with Crippen molar-refractivity contribution >= 4 is 16.8 Å². The number of amides is 1. The predicted molar refractivity (Wildman–Crippen MR) is 111 cm³/mol. The maximum Gasteiger partial charge on any atom is 0.261 e. The number of para-hydroxylation sites is 1. The van der Waals surface area contributed by atoms with Crippen molar-refractivity contribution in [2.75, 3.05) is 6.54 Å². The monoisotopic (exact) mass is 371 g/mol. The average Bonchev–Trinajstić information content (AvgIpc) is 2.57. The minimum absolute atomic E-state index is 0.0438. The number of benzene rings is 1. The second-order valence-corrected chi connectivity index (χ2v) is 8.89. The Morgan fingerprint density at radius 3 is 2.37 bits per heavy atom. The van der Waals surface area contributed by atoms with Crippen LogP contribution >= 0.6 is 0 Å². The van der Waals surface area contributed by atoms with Crippen LogP contribution in [0.25, 0.3) is 10.9 Å². The molecule has 1 unspecified atom stereocenters. The van der Waals surface area contributed by atoms with Crippen molar-refractivity contribution < 1.29 is 4.79 Å². The largest absolute Gasteiger partial charge is 0.333 e. The van der Waals surface area contributed by atoms with Gasteiger partial charge in [0.1, 0.15) is 5.82 Å². The number of aromatic nitrogens is 2. The molecule has 148 valence electrons. The van der Waals surface area contributed by atoms with Gasteiger partial charge in [-0.3, -0.25) is 14.2 Å². The number of rotatable bonds is 6. The number of hydrogen-bond acceptors (Lipinski definition) is 3. The van der Waals surface area contributed by atoms with E-state index in [1.165, 1.54) is 0 Å². The van der Waals surface area contributed by atoms with E-state index >= 15 is 0 Å². The molecule has 5 nitrogen and oxygen atoms in total. The van der Waals surface area contributed by atoms with E-state index in [-0.39, 0.29) is 22.9 Å². The fourth-order valence-corrected chi connectivity index (χ4v) is 3.37. The lowest BCUT2D eigenvalue weighted by molar-refractivity contribution is -0.136. The number of fused-ring (bicyclic) bond motifs is 1. The van der Waals surface area contributed by atoms with Gasteiger partial charge in [-0.2, -0.15) is 0 Å². The van der Waals surface area contributed by atoms with Gasteiger partial charge in [0.25, 0.3) is 5.56 Å². The van der Waals surface area contributed by atoms with E-state index in [0.29, 0.717) is 42.2 Å². The molecule has 1 aromatic carbocycles. The molecule has 0 aliphatic carbocycles. The number of carbonyl (C=O) groups is 1. The number of nitrogens with zero attached hydrogens (tertiary/aromatic N) is 3. The van der Waals surface area contributed by atoms with Gasteiger partial charge in [0.05, 0.1) is 16.9 Å². The lowest BCUT2D eigenvalue weighted by Gasteiger charge is -2.33. The van der Waals surface area contributed by atoms with Crippen LogP contribution in [0, 0.1) is 11.3 Å². The fraction of sp³-hybridized carbons (Fsp3) is 0.591. The van der Waals surface area contributed by atoms with Crippen LogP contribution in [0.15, 0.2) is 29.1 Å². The third-order valence-corrected chi connectivity index (χ3v) is 4.61. The van der Waals surface area contributed by atoms with Gasteiger partial charge < -0.3 is 4.90 Å². The first-order valence-electron chi connectivity index (χ1n) is 9.84. The molecule has 1 amide bonds. The normalized spacial score (nSPS) is 13.2. The molecule has 1 atom stereocenters. The first kappa shape index (κ1) is 21.1. The van der Waals surface area contributed by atoms with Crippen molar-refractivity contribution in [3.63, 3.8) is 0 Å². The van der Waals surface area contributed by atoms with Gasteiger partial charge in [-0.25, -0.2) is 4.98 Å². The summed E-state index contributed by atoms with van der Waals surface area (Å²) in [5.74, 6) is 1.09. The smallest absolute Gasteiger partial charge is 0.261 e. The Bertz CT molecular complexity index is 862. The molecule has 0 saturated carbocycles. The van der Waals surface area contributed by atoms with Crippen molar-refractivity contribution in [2.45, 2.75) is 67.5 Å². The summed E-state index contributed by atoms with van der Waals surface area (Å²) in [7, 11) is 0. The van der Waals surface area contributed by atoms with Crippen LogP contribution in [0.3, 0.4) is 0 Å². The zero-order chi connectivity index (χ0) is 20.4. The van der Waals surface area contributed by atoms with Crippen molar-refractivity contribution in [1.29, 1.82) is 0 Å². The Kier molecular flexibility index (Phi) is 6.45. The molecule has 0 fully saturated rings. The van der Waals surface area contributed by atoms with Crippen molar-refractivity contribution in [2.24, 2.45) is 11.3 Å².